The molecule has 0 aliphatic carbocycles. The van der Waals surface area contributed by atoms with Gasteiger partial charge in [0.25, 0.3) is 0 Å². The lowest BCUT2D eigenvalue weighted by atomic mass is 10.1. The number of aromatic nitrogens is 1. The lowest BCUT2D eigenvalue weighted by molar-refractivity contribution is 0.448. The SMILES string of the molecule is Cc1cccc(Oc2ncccc2C(C)N)c1C. The smallest absolute Gasteiger partial charge is 0.223 e. The predicted molar refractivity (Wildman–Crippen MR) is 72.8 cm³/mol. The van der Waals surface area contributed by atoms with Crippen molar-refractivity contribution in [3.63, 3.8) is 0 Å². The van der Waals surface area contributed by atoms with Crippen molar-refractivity contribution in [1.29, 1.82) is 0 Å². The van der Waals surface area contributed by atoms with Gasteiger partial charge in [-0.1, -0.05) is 18.2 Å². The number of pyridine rings is 1. The van der Waals surface area contributed by atoms with E-state index in [1.54, 1.807) is 6.20 Å². The Labute approximate surface area is 108 Å². The van der Waals surface area contributed by atoms with E-state index in [-0.39, 0.29) is 6.04 Å². The first-order valence-corrected chi connectivity index (χ1v) is 6.04. The number of hydrogen-bond donors (Lipinski definition) is 1. The molecule has 2 aromatic rings. The van der Waals surface area contributed by atoms with Gasteiger partial charge < -0.3 is 10.5 Å². The van der Waals surface area contributed by atoms with Crippen molar-refractivity contribution in [2.45, 2.75) is 26.8 Å². The van der Waals surface area contributed by atoms with Crippen LogP contribution in [0.25, 0.3) is 0 Å². The molecule has 0 bridgehead atoms. The molecular formula is C15H18N2O. The van der Waals surface area contributed by atoms with Crippen molar-refractivity contribution < 1.29 is 4.74 Å². The topological polar surface area (TPSA) is 48.1 Å². The Kier molecular flexibility index (Phi) is 3.63. The van der Waals surface area contributed by atoms with E-state index in [0.717, 1.165) is 16.9 Å². The van der Waals surface area contributed by atoms with Crippen LogP contribution < -0.4 is 10.5 Å². The van der Waals surface area contributed by atoms with Crippen LogP contribution in [0, 0.1) is 13.8 Å². The fourth-order valence-corrected chi connectivity index (χ4v) is 1.77. The Morgan fingerprint density at radius 3 is 2.67 bits per heavy atom. The third kappa shape index (κ3) is 2.51. The van der Waals surface area contributed by atoms with Crippen LogP contribution in [-0.4, -0.2) is 4.98 Å². The zero-order valence-electron chi connectivity index (χ0n) is 11.0. The van der Waals surface area contributed by atoms with Crippen molar-refractivity contribution in [3.8, 4) is 11.6 Å². The summed E-state index contributed by atoms with van der Waals surface area (Å²) in [5.41, 5.74) is 9.15. The molecule has 0 saturated carbocycles. The van der Waals surface area contributed by atoms with Gasteiger partial charge in [0.2, 0.25) is 5.88 Å². The van der Waals surface area contributed by atoms with Crippen molar-refractivity contribution in [2.75, 3.05) is 0 Å². The standard InChI is InChI=1S/C15H18N2O/c1-10-6-4-8-14(11(10)2)18-15-13(12(3)16)7-5-9-17-15/h4-9,12H,16H2,1-3H3. The summed E-state index contributed by atoms with van der Waals surface area (Å²) in [5, 5.41) is 0. The highest BCUT2D eigenvalue weighted by atomic mass is 16.5. The average molecular weight is 242 g/mol. The Hall–Kier alpha value is -1.87. The van der Waals surface area contributed by atoms with Crippen LogP contribution in [0.3, 0.4) is 0 Å². The molecule has 0 saturated heterocycles. The zero-order valence-corrected chi connectivity index (χ0v) is 11.0. The van der Waals surface area contributed by atoms with Crippen molar-refractivity contribution in [3.05, 3.63) is 53.2 Å². The van der Waals surface area contributed by atoms with E-state index in [2.05, 4.69) is 18.0 Å². The molecule has 2 N–H and O–H groups in total. The summed E-state index contributed by atoms with van der Waals surface area (Å²) >= 11 is 0. The lowest BCUT2D eigenvalue weighted by Gasteiger charge is -2.14. The molecule has 3 nitrogen and oxygen atoms in total. The van der Waals surface area contributed by atoms with Crippen LogP contribution in [-0.2, 0) is 0 Å². The second-order valence-corrected chi connectivity index (χ2v) is 4.49. The third-order valence-corrected chi connectivity index (χ3v) is 3.05. The van der Waals surface area contributed by atoms with E-state index in [1.165, 1.54) is 5.56 Å². The van der Waals surface area contributed by atoms with Gasteiger partial charge in [-0.15, -0.1) is 0 Å². The van der Waals surface area contributed by atoms with E-state index < -0.39 is 0 Å². The quantitative estimate of drug-likeness (QED) is 0.896. The van der Waals surface area contributed by atoms with Crippen molar-refractivity contribution in [1.82, 2.24) is 4.98 Å². The van der Waals surface area contributed by atoms with Gasteiger partial charge in [-0.2, -0.15) is 0 Å². The summed E-state index contributed by atoms with van der Waals surface area (Å²) in [6.07, 6.45) is 1.71. The molecule has 3 heteroatoms. The van der Waals surface area contributed by atoms with Gasteiger partial charge in [0.15, 0.2) is 0 Å². The van der Waals surface area contributed by atoms with Gasteiger partial charge in [0.1, 0.15) is 5.75 Å². The van der Waals surface area contributed by atoms with Crippen molar-refractivity contribution >= 4 is 0 Å². The summed E-state index contributed by atoms with van der Waals surface area (Å²) < 4.78 is 5.89. The minimum absolute atomic E-state index is 0.0983. The minimum atomic E-state index is -0.0983. The van der Waals surface area contributed by atoms with Gasteiger partial charge in [-0.05, 0) is 44.0 Å². The van der Waals surface area contributed by atoms with Crippen LogP contribution in [0.5, 0.6) is 11.6 Å². The largest absolute Gasteiger partial charge is 0.438 e. The second-order valence-electron chi connectivity index (χ2n) is 4.49. The highest BCUT2D eigenvalue weighted by Gasteiger charge is 2.11. The lowest BCUT2D eigenvalue weighted by Crippen LogP contribution is -2.07. The van der Waals surface area contributed by atoms with E-state index >= 15 is 0 Å². The fourth-order valence-electron chi connectivity index (χ4n) is 1.77. The van der Waals surface area contributed by atoms with Crippen LogP contribution in [0.15, 0.2) is 36.5 Å². The molecule has 1 aromatic heterocycles. The van der Waals surface area contributed by atoms with Crippen LogP contribution in [0.2, 0.25) is 0 Å². The maximum atomic E-state index is 5.92. The van der Waals surface area contributed by atoms with Gasteiger partial charge in [-0.25, -0.2) is 4.98 Å². The summed E-state index contributed by atoms with van der Waals surface area (Å²) in [6, 6.07) is 9.70. The van der Waals surface area contributed by atoms with Crippen LogP contribution in [0.1, 0.15) is 29.7 Å². The monoisotopic (exact) mass is 242 g/mol. The maximum Gasteiger partial charge on any atom is 0.223 e. The first-order valence-electron chi connectivity index (χ1n) is 6.04. The highest BCUT2D eigenvalue weighted by Crippen LogP contribution is 2.29. The van der Waals surface area contributed by atoms with Gasteiger partial charge in [0, 0.05) is 17.8 Å². The summed E-state index contributed by atoms with van der Waals surface area (Å²) in [4.78, 5) is 4.26. The van der Waals surface area contributed by atoms with E-state index in [4.69, 9.17) is 10.5 Å². The number of ether oxygens (including phenoxy) is 1. The molecule has 0 radical (unpaired) electrons. The Bertz CT molecular complexity index is 550. The Morgan fingerprint density at radius 2 is 1.94 bits per heavy atom. The molecule has 0 aliphatic heterocycles. The fraction of sp³-hybridized carbons (Fsp3) is 0.267. The molecule has 2 rings (SSSR count). The molecule has 1 heterocycles. The first kappa shape index (κ1) is 12.6. The Balaban J connectivity index is 2.37. The average Bonchev–Trinajstić information content (AvgIpc) is 2.35. The van der Waals surface area contributed by atoms with Gasteiger partial charge in [0.05, 0.1) is 0 Å². The number of nitrogens with two attached hydrogens (primary N) is 1. The Morgan fingerprint density at radius 1 is 1.17 bits per heavy atom. The first-order chi connectivity index (χ1) is 8.59. The summed E-state index contributed by atoms with van der Waals surface area (Å²) in [5.74, 6) is 1.41. The number of rotatable bonds is 3. The second kappa shape index (κ2) is 5.19. The maximum absolute atomic E-state index is 5.92. The van der Waals surface area contributed by atoms with Crippen LogP contribution >= 0.6 is 0 Å². The number of aryl methyl sites for hydroxylation is 1. The van der Waals surface area contributed by atoms with Gasteiger partial charge >= 0.3 is 0 Å². The van der Waals surface area contributed by atoms with E-state index in [9.17, 15) is 0 Å². The molecule has 0 fully saturated rings. The molecule has 0 amide bonds. The third-order valence-electron chi connectivity index (χ3n) is 3.05. The summed E-state index contributed by atoms with van der Waals surface area (Å²) in [6.45, 7) is 6.03. The molecule has 0 aliphatic rings. The molecule has 94 valence electrons. The predicted octanol–water partition coefficient (Wildman–Crippen LogP) is 3.51. The van der Waals surface area contributed by atoms with Gasteiger partial charge in [-0.3, -0.25) is 0 Å². The van der Waals surface area contributed by atoms with E-state index in [1.807, 2.05) is 38.1 Å². The van der Waals surface area contributed by atoms with Crippen molar-refractivity contribution in [2.24, 2.45) is 5.73 Å². The minimum Gasteiger partial charge on any atom is -0.438 e. The molecule has 1 unspecified atom stereocenters. The molecule has 0 spiro atoms. The van der Waals surface area contributed by atoms with E-state index in [0.29, 0.717) is 5.88 Å². The number of hydrogen-bond acceptors (Lipinski definition) is 3. The number of nitrogens with zero attached hydrogens (tertiary/aromatic N) is 1. The van der Waals surface area contributed by atoms with Crippen LogP contribution in [0.4, 0.5) is 0 Å². The number of benzene rings is 1. The summed E-state index contributed by atoms with van der Waals surface area (Å²) in [7, 11) is 0. The molecule has 1 aromatic carbocycles. The molecule has 1 atom stereocenters. The zero-order chi connectivity index (χ0) is 13.1. The molecule has 18 heavy (non-hydrogen) atoms. The molecular weight excluding hydrogens is 224 g/mol. The highest BCUT2D eigenvalue weighted by molar-refractivity contribution is 5.41. The normalized spacial score (nSPS) is 12.2.